The van der Waals surface area contributed by atoms with E-state index in [0.717, 1.165) is 31.4 Å². The van der Waals surface area contributed by atoms with Crippen molar-refractivity contribution in [2.24, 2.45) is 5.73 Å². The van der Waals surface area contributed by atoms with Gasteiger partial charge in [-0.3, -0.25) is 0 Å². The van der Waals surface area contributed by atoms with Crippen LogP contribution in [0.25, 0.3) is 0 Å². The molecule has 0 unspecified atom stereocenters. The highest BCUT2D eigenvalue weighted by atomic mass is 35.5. The largest absolute Gasteiger partial charge is 0.330 e. The minimum atomic E-state index is 0.620. The lowest BCUT2D eigenvalue weighted by molar-refractivity contribution is 0.743. The van der Waals surface area contributed by atoms with Gasteiger partial charge in [-0.05, 0) is 37.4 Å². The molecule has 0 radical (unpaired) electrons. The fourth-order valence-corrected chi connectivity index (χ4v) is 1.28. The van der Waals surface area contributed by atoms with Gasteiger partial charge in [0.05, 0.1) is 0 Å². The minimum Gasteiger partial charge on any atom is -0.330 e. The van der Waals surface area contributed by atoms with Crippen molar-refractivity contribution in [1.29, 1.82) is 0 Å². The van der Waals surface area contributed by atoms with Crippen molar-refractivity contribution in [2.75, 3.05) is 6.54 Å². The van der Waals surface area contributed by atoms with Gasteiger partial charge in [0, 0.05) is 6.20 Å². The predicted octanol–water partition coefficient (Wildman–Crippen LogP) is 2.02. The summed E-state index contributed by atoms with van der Waals surface area (Å²) in [5.74, 6) is 0. The van der Waals surface area contributed by atoms with Crippen LogP contribution in [-0.2, 0) is 6.42 Å². The first kappa shape index (κ1) is 9.49. The summed E-state index contributed by atoms with van der Waals surface area (Å²) in [5, 5.41) is 0.620. The number of pyridine rings is 1. The topological polar surface area (TPSA) is 38.9 Å². The lowest BCUT2D eigenvalue weighted by Gasteiger charge is -2.01. The van der Waals surface area contributed by atoms with Crippen molar-refractivity contribution in [3.05, 3.63) is 29.0 Å². The number of hydrogen-bond donors (Lipinski definition) is 1. The first-order chi connectivity index (χ1) is 5.84. The van der Waals surface area contributed by atoms with Crippen LogP contribution in [0.2, 0.25) is 5.15 Å². The molecule has 12 heavy (non-hydrogen) atoms. The maximum atomic E-state index is 5.86. The van der Waals surface area contributed by atoms with Gasteiger partial charge in [0.25, 0.3) is 0 Å². The molecule has 1 aromatic heterocycles. The molecule has 0 saturated carbocycles. The Morgan fingerprint density at radius 3 is 2.92 bits per heavy atom. The summed E-state index contributed by atoms with van der Waals surface area (Å²) in [6, 6.07) is 3.91. The normalized spacial score (nSPS) is 10.2. The maximum Gasteiger partial charge on any atom is 0.132 e. The Balaban J connectivity index is 2.46. The van der Waals surface area contributed by atoms with E-state index in [1.807, 2.05) is 12.1 Å². The fraction of sp³-hybridized carbons (Fsp3) is 0.444. The molecule has 0 atom stereocenters. The van der Waals surface area contributed by atoms with Crippen LogP contribution in [0, 0.1) is 0 Å². The molecule has 1 aromatic rings. The van der Waals surface area contributed by atoms with Gasteiger partial charge in [-0.1, -0.05) is 17.7 Å². The number of nitrogens with two attached hydrogens (primary N) is 1. The lowest BCUT2D eigenvalue weighted by atomic mass is 10.1. The van der Waals surface area contributed by atoms with Crippen LogP contribution >= 0.6 is 11.6 Å². The van der Waals surface area contributed by atoms with Crippen molar-refractivity contribution in [1.82, 2.24) is 4.98 Å². The van der Waals surface area contributed by atoms with Crippen LogP contribution in [0.4, 0.5) is 0 Å². The van der Waals surface area contributed by atoms with Gasteiger partial charge in [-0.25, -0.2) is 4.98 Å². The summed E-state index contributed by atoms with van der Waals surface area (Å²) in [6.45, 7) is 0.748. The third-order valence-electron chi connectivity index (χ3n) is 1.74. The third-order valence-corrected chi connectivity index (χ3v) is 2.08. The smallest absolute Gasteiger partial charge is 0.132 e. The molecule has 0 spiro atoms. The molecular weight excluding hydrogens is 172 g/mol. The molecule has 2 nitrogen and oxygen atoms in total. The van der Waals surface area contributed by atoms with Crippen molar-refractivity contribution in [3.63, 3.8) is 0 Å². The quantitative estimate of drug-likeness (QED) is 0.575. The van der Waals surface area contributed by atoms with Gasteiger partial charge in [-0.15, -0.1) is 0 Å². The van der Waals surface area contributed by atoms with Gasteiger partial charge in [0.1, 0.15) is 5.15 Å². The molecule has 0 aliphatic heterocycles. The van der Waals surface area contributed by atoms with Gasteiger partial charge in [0.15, 0.2) is 0 Å². The van der Waals surface area contributed by atoms with E-state index in [9.17, 15) is 0 Å². The van der Waals surface area contributed by atoms with Crippen molar-refractivity contribution < 1.29 is 0 Å². The molecule has 1 heterocycles. The van der Waals surface area contributed by atoms with E-state index in [-0.39, 0.29) is 0 Å². The predicted molar refractivity (Wildman–Crippen MR) is 51.2 cm³/mol. The summed E-state index contributed by atoms with van der Waals surface area (Å²) in [7, 11) is 0. The van der Waals surface area contributed by atoms with Crippen molar-refractivity contribution in [2.45, 2.75) is 19.3 Å². The molecule has 3 heteroatoms. The van der Waals surface area contributed by atoms with Crippen LogP contribution in [0.1, 0.15) is 18.4 Å². The van der Waals surface area contributed by atoms with Crippen LogP contribution in [0.15, 0.2) is 18.3 Å². The number of hydrogen-bond acceptors (Lipinski definition) is 2. The second-order valence-corrected chi connectivity index (χ2v) is 3.06. The molecule has 0 bridgehead atoms. The van der Waals surface area contributed by atoms with E-state index in [1.165, 1.54) is 0 Å². The van der Waals surface area contributed by atoms with Gasteiger partial charge in [-0.2, -0.15) is 0 Å². The van der Waals surface area contributed by atoms with E-state index in [0.29, 0.717) is 5.15 Å². The zero-order chi connectivity index (χ0) is 8.81. The zero-order valence-corrected chi connectivity index (χ0v) is 7.72. The summed E-state index contributed by atoms with van der Waals surface area (Å²) >= 11 is 5.86. The Morgan fingerprint density at radius 1 is 1.42 bits per heavy atom. The summed E-state index contributed by atoms with van der Waals surface area (Å²) in [4.78, 5) is 3.99. The number of halogens is 1. The van der Waals surface area contributed by atoms with E-state index in [1.54, 1.807) is 6.20 Å². The Bertz CT molecular complexity index is 238. The highest BCUT2D eigenvalue weighted by Crippen LogP contribution is 2.13. The van der Waals surface area contributed by atoms with Crippen LogP contribution < -0.4 is 5.73 Å². The number of rotatable bonds is 4. The number of nitrogens with zero attached hydrogens (tertiary/aromatic N) is 1. The lowest BCUT2D eigenvalue weighted by Crippen LogP contribution is -1.99. The zero-order valence-electron chi connectivity index (χ0n) is 6.96. The maximum absolute atomic E-state index is 5.86. The monoisotopic (exact) mass is 184 g/mol. The SMILES string of the molecule is NCCCCc1cccnc1Cl. The highest BCUT2D eigenvalue weighted by Gasteiger charge is 1.98. The van der Waals surface area contributed by atoms with Crippen LogP contribution in [0.5, 0.6) is 0 Å². The minimum absolute atomic E-state index is 0.620. The van der Waals surface area contributed by atoms with E-state index < -0.39 is 0 Å². The fourth-order valence-electron chi connectivity index (χ4n) is 1.07. The molecule has 2 N–H and O–H groups in total. The van der Waals surface area contributed by atoms with Crippen LogP contribution in [-0.4, -0.2) is 11.5 Å². The Labute approximate surface area is 77.8 Å². The molecule has 0 aliphatic carbocycles. The molecule has 66 valence electrons. The highest BCUT2D eigenvalue weighted by molar-refractivity contribution is 6.30. The summed E-state index contributed by atoms with van der Waals surface area (Å²) in [6.07, 6.45) is 4.81. The molecule has 1 rings (SSSR count). The molecule has 0 amide bonds. The van der Waals surface area contributed by atoms with E-state index in [2.05, 4.69) is 4.98 Å². The first-order valence-electron chi connectivity index (χ1n) is 4.14. The molecule has 0 fully saturated rings. The molecular formula is C9H13ClN2. The van der Waals surface area contributed by atoms with Gasteiger partial charge < -0.3 is 5.73 Å². The van der Waals surface area contributed by atoms with Crippen molar-refractivity contribution in [3.8, 4) is 0 Å². The van der Waals surface area contributed by atoms with Gasteiger partial charge >= 0.3 is 0 Å². The molecule has 0 aromatic carbocycles. The first-order valence-corrected chi connectivity index (χ1v) is 4.52. The van der Waals surface area contributed by atoms with E-state index in [4.69, 9.17) is 17.3 Å². The summed E-state index contributed by atoms with van der Waals surface area (Å²) in [5.41, 5.74) is 6.50. The molecule has 0 saturated heterocycles. The third kappa shape index (κ3) is 2.80. The number of unbranched alkanes of at least 4 members (excludes halogenated alkanes) is 1. The van der Waals surface area contributed by atoms with Crippen LogP contribution in [0.3, 0.4) is 0 Å². The average Bonchev–Trinajstić information content (AvgIpc) is 2.09. The second kappa shape index (κ2) is 5.12. The molecule has 0 aliphatic rings. The van der Waals surface area contributed by atoms with E-state index >= 15 is 0 Å². The standard InChI is InChI=1S/C9H13ClN2/c10-9-8(4-1-2-6-11)5-3-7-12-9/h3,5,7H,1-2,4,6,11H2. The second-order valence-electron chi connectivity index (χ2n) is 2.70. The van der Waals surface area contributed by atoms with Gasteiger partial charge in [0.2, 0.25) is 0 Å². The summed E-state index contributed by atoms with van der Waals surface area (Å²) < 4.78 is 0. The Kier molecular flexibility index (Phi) is 4.05. The van der Waals surface area contributed by atoms with Crippen molar-refractivity contribution >= 4 is 11.6 Å². The Morgan fingerprint density at radius 2 is 2.25 bits per heavy atom. The Hall–Kier alpha value is -0.600. The number of aromatic nitrogens is 1. The average molecular weight is 185 g/mol. The number of aryl methyl sites for hydroxylation is 1.